The first-order valence-electron chi connectivity index (χ1n) is 6.29. The monoisotopic (exact) mass is 248 g/mol. The molecule has 0 aliphatic carbocycles. The van der Waals surface area contributed by atoms with Gasteiger partial charge in [0.05, 0.1) is 0 Å². The van der Waals surface area contributed by atoms with Gasteiger partial charge in [-0.1, -0.05) is 13.8 Å². The van der Waals surface area contributed by atoms with E-state index in [4.69, 9.17) is 4.42 Å². The molecule has 2 aromatic heterocycles. The molecule has 0 aromatic carbocycles. The Morgan fingerprint density at radius 1 is 1.39 bits per heavy atom. The van der Waals surface area contributed by atoms with Gasteiger partial charge in [-0.15, -0.1) is 10.2 Å². The molecular formula is C13H20N4O. The lowest BCUT2D eigenvalue weighted by Crippen LogP contribution is -2.21. The predicted molar refractivity (Wildman–Crippen MR) is 69.1 cm³/mol. The molecule has 2 rings (SSSR count). The van der Waals surface area contributed by atoms with Crippen LogP contribution in [0.15, 0.2) is 22.7 Å². The second-order valence-electron chi connectivity index (χ2n) is 4.87. The van der Waals surface area contributed by atoms with Gasteiger partial charge in [-0.3, -0.25) is 0 Å². The number of aryl methyl sites for hydroxylation is 1. The van der Waals surface area contributed by atoms with E-state index >= 15 is 0 Å². The van der Waals surface area contributed by atoms with E-state index < -0.39 is 0 Å². The predicted octanol–water partition coefficient (Wildman–Crippen LogP) is 1.97. The zero-order valence-corrected chi connectivity index (χ0v) is 11.2. The summed E-state index contributed by atoms with van der Waals surface area (Å²) >= 11 is 0. The topological polar surface area (TPSA) is 55.9 Å². The molecule has 0 fully saturated rings. The lowest BCUT2D eigenvalue weighted by atomic mass is 10.2. The van der Waals surface area contributed by atoms with Crippen molar-refractivity contribution in [3.8, 4) is 0 Å². The van der Waals surface area contributed by atoms with Crippen LogP contribution in [-0.2, 0) is 13.1 Å². The summed E-state index contributed by atoms with van der Waals surface area (Å²) in [7, 11) is 0. The van der Waals surface area contributed by atoms with Crippen LogP contribution in [0.5, 0.6) is 0 Å². The van der Waals surface area contributed by atoms with Crippen LogP contribution >= 0.6 is 0 Å². The van der Waals surface area contributed by atoms with E-state index in [-0.39, 0.29) is 0 Å². The molecule has 1 N–H and O–H groups in total. The lowest BCUT2D eigenvalue weighted by Gasteiger charge is -2.09. The summed E-state index contributed by atoms with van der Waals surface area (Å²) in [6, 6.07) is 4.15. The number of nitrogens with zero attached hydrogens (tertiary/aromatic N) is 3. The Bertz CT molecular complexity index is 487. The van der Waals surface area contributed by atoms with E-state index in [0.29, 0.717) is 24.2 Å². The molecule has 2 heterocycles. The van der Waals surface area contributed by atoms with Crippen LogP contribution in [0, 0.1) is 12.8 Å². The first kappa shape index (κ1) is 12.8. The van der Waals surface area contributed by atoms with Crippen LogP contribution in [0.2, 0.25) is 0 Å². The number of aromatic nitrogens is 3. The van der Waals surface area contributed by atoms with Gasteiger partial charge in [-0.05, 0) is 24.6 Å². The minimum Gasteiger partial charge on any atom is -0.424 e. The zero-order valence-electron chi connectivity index (χ0n) is 11.2. The summed E-state index contributed by atoms with van der Waals surface area (Å²) in [5, 5.41) is 11.3. The molecular weight excluding hydrogens is 228 g/mol. The quantitative estimate of drug-likeness (QED) is 0.849. The number of nitrogens with one attached hydrogen (secondary N) is 1. The molecule has 2 aromatic rings. The Hall–Kier alpha value is -1.62. The van der Waals surface area contributed by atoms with Crippen molar-refractivity contribution < 1.29 is 4.42 Å². The van der Waals surface area contributed by atoms with Gasteiger partial charge in [0, 0.05) is 25.4 Å². The number of rotatable bonds is 6. The number of hydrogen-bond donors (Lipinski definition) is 1. The molecule has 0 radical (unpaired) electrons. The Morgan fingerprint density at radius 3 is 2.89 bits per heavy atom. The lowest BCUT2D eigenvalue weighted by molar-refractivity contribution is 0.449. The Balaban J connectivity index is 1.95. The van der Waals surface area contributed by atoms with Crippen molar-refractivity contribution >= 4 is 0 Å². The van der Waals surface area contributed by atoms with Crippen LogP contribution in [0.25, 0.3) is 0 Å². The van der Waals surface area contributed by atoms with Gasteiger partial charge in [-0.25, -0.2) is 0 Å². The second kappa shape index (κ2) is 5.82. The standard InChI is InChI=1S/C13H20N4O/c1-10(2)7-14-8-12-5-4-6-17(12)9-13-16-15-11(3)18-13/h4-6,10,14H,7-9H2,1-3H3. The summed E-state index contributed by atoms with van der Waals surface area (Å²) in [6.07, 6.45) is 2.03. The Labute approximate surface area is 107 Å². The second-order valence-corrected chi connectivity index (χ2v) is 4.87. The van der Waals surface area contributed by atoms with Gasteiger partial charge < -0.3 is 14.3 Å². The third kappa shape index (κ3) is 3.43. The largest absolute Gasteiger partial charge is 0.424 e. The summed E-state index contributed by atoms with van der Waals surface area (Å²) in [4.78, 5) is 0. The van der Waals surface area contributed by atoms with Crippen LogP contribution < -0.4 is 5.32 Å². The molecule has 98 valence electrons. The van der Waals surface area contributed by atoms with Crippen molar-refractivity contribution in [1.82, 2.24) is 20.1 Å². The molecule has 0 saturated heterocycles. The van der Waals surface area contributed by atoms with Gasteiger partial charge in [0.15, 0.2) is 0 Å². The maximum absolute atomic E-state index is 5.39. The highest BCUT2D eigenvalue weighted by Gasteiger charge is 2.06. The molecule has 0 atom stereocenters. The number of hydrogen-bond acceptors (Lipinski definition) is 4. The zero-order chi connectivity index (χ0) is 13.0. The highest BCUT2D eigenvalue weighted by atomic mass is 16.4. The first-order chi connectivity index (χ1) is 8.65. The molecule has 0 saturated carbocycles. The highest BCUT2D eigenvalue weighted by Crippen LogP contribution is 2.07. The highest BCUT2D eigenvalue weighted by molar-refractivity contribution is 5.08. The molecule has 0 spiro atoms. The molecule has 0 unspecified atom stereocenters. The summed E-state index contributed by atoms with van der Waals surface area (Å²) < 4.78 is 7.52. The maximum atomic E-state index is 5.39. The van der Waals surface area contributed by atoms with E-state index in [9.17, 15) is 0 Å². The summed E-state index contributed by atoms with van der Waals surface area (Å²) in [5.74, 6) is 1.91. The van der Waals surface area contributed by atoms with E-state index in [1.54, 1.807) is 6.92 Å². The minimum absolute atomic E-state index is 0.608. The van der Waals surface area contributed by atoms with Gasteiger partial charge in [0.2, 0.25) is 11.8 Å². The normalized spacial score (nSPS) is 11.3. The van der Waals surface area contributed by atoms with E-state index in [1.807, 2.05) is 12.3 Å². The van der Waals surface area contributed by atoms with Gasteiger partial charge in [0.25, 0.3) is 0 Å². The SMILES string of the molecule is Cc1nnc(Cn2cccc2CNCC(C)C)o1. The first-order valence-corrected chi connectivity index (χ1v) is 6.29. The van der Waals surface area contributed by atoms with E-state index in [1.165, 1.54) is 5.69 Å². The third-order valence-electron chi connectivity index (χ3n) is 2.66. The fraction of sp³-hybridized carbons (Fsp3) is 0.538. The van der Waals surface area contributed by atoms with Crippen LogP contribution in [-0.4, -0.2) is 21.3 Å². The maximum Gasteiger partial charge on any atom is 0.236 e. The van der Waals surface area contributed by atoms with Crippen LogP contribution in [0.4, 0.5) is 0 Å². The van der Waals surface area contributed by atoms with Gasteiger partial charge in [-0.2, -0.15) is 0 Å². The fourth-order valence-electron chi connectivity index (χ4n) is 1.80. The minimum atomic E-state index is 0.608. The van der Waals surface area contributed by atoms with E-state index in [0.717, 1.165) is 13.1 Å². The van der Waals surface area contributed by atoms with Gasteiger partial charge in [0.1, 0.15) is 6.54 Å². The van der Waals surface area contributed by atoms with Crippen molar-refractivity contribution in [3.05, 3.63) is 35.8 Å². The molecule has 18 heavy (non-hydrogen) atoms. The van der Waals surface area contributed by atoms with Crippen molar-refractivity contribution in [2.24, 2.45) is 5.92 Å². The Morgan fingerprint density at radius 2 is 2.22 bits per heavy atom. The Kier molecular flexibility index (Phi) is 4.15. The van der Waals surface area contributed by atoms with Crippen molar-refractivity contribution in [3.63, 3.8) is 0 Å². The van der Waals surface area contributed by atoms with Crippen molar-refractivity contribution in [2.45, 2.75) is 33.9 Å². The van der Waals surface area contributed by atoms with Crippen LogP contribution in [0.1, 0.15) is 31.3 Å². The van der Waals surface area contributed by atoms with E-state index in [2.05, 4.69) is 40.0 Å². The summed E-state index contributed by atoms with van der Waals surface area (Å²) in [5.41, 5.74) is 1.23. The fourth-order valence-corrected chi connectivity index (χ4v) is 1.80. The molecule has 0 bridgehead atoms. The molecule has 0 aliphatic rings. The van der Waals surface area contributed by atoms with Crippen molar-refractivity contribution in [1.29, 1.82) is 0 Å². The molecule has 0 amide bonds. The average molecular weight is 248 g/mol. The average Bonchev–Trinajstić information content (AvgIpc) is 2.89. The third-order valence-corrected chi connectivity index (χ3v) is 2.66. The summed E-state index contributed by atoms with van der Waals surface area (Å²) in [6.45, 7) is 8.72. The smallest absolute Gasteiger partial charge is 0.236 e. The molecule has 0 aliphatic heterocycles. The molecule has 5 heteroatoms. The molecule has 5 nitrogen and oxygen atoms in total. The van der Waals surface area contributed by atoms with Crippen molar-refractivity contribution in [2.75, 3.05) is 6.54 Å². The van der Waals surface area contributed by atoms with Crippen LogP contribution in [0.3, 0.4) is 0 Å². The van der Waals surface area contributed by atoms with Gasteiger partial charge >= 0.3 is 0 Å².